The molecule has 0 amide bonds. The van der Waals surface area contributed by atoms with Crippen molar-refractivity contribution in [1.82, 2.24) is 0 Å². The van der Waals surface area contributed by atoms with Crippen LogP contribution < -0.4 is 0 Å². The van der Waals surface area contributed by atoms with Crippen LogP contribution in [0.4, 0.5) is 0 Å². The second-order valence-corrected chi connectivity index (χ2v) is 7.08. The fourth-order valence-corrected chi connectivity index (χ4v) is 3.67. The van der Waals surface area contributed by atoms with Crippen molar-refractivity contribution in [3.05, 3.63) is 20.3 Å². The smallest absolute Gasteiger partial charge is 0.0730 e. The first-order chi connectivity index (χ1) is 6.65. The monoisotopic (exact) mass is 338 g/mol. The molecule has 0 aromatic carbocycles. The fraction of sp³-hybridized carbons (Fsp3) is 0.636. The molecule has 0 spiro atoms. The molecule has 1 heterocycles. The molecule has 3 heteroatoms. The molecule has 0 N–H and O–H groups in total. The summed E-state index contributed by atoms with van der Waals surface area (Å²) in [6, 6.07) is 2.28. The van der Waals surface area contributed by atoms with E-state index in [9.17, 15) is 0 Å². The Kier molecular flexibility index (Phi) is 5.72. The third-order valence-corrected chi connectivity index (χ3v) is 5.75. The minimum atomic E-state index is 0.545. The summed E-state index contributed by atoms with van der Waals surface area (Å²) < 4.78 is 1.27. The van der Waals surface area contributed by atoms with Crippen LogP contribution in [0.3, 0.4) is 0 Å². The van der Waals surface area contributed by atoms with Crippen LogP contribution in [-0.4, -0.2) is 0 Å². The predicted molar refractivity (Wildman–Crippen MR) is 72.6 cm³/mol. The van der Waals surface area contributed by atoms with Gasteiger partial charge >= 0.3 is 0 Å². The molecule has 0 radical (unpaired) electrons. The molecule has 0 aliphatic carbocycles. The van der Waals surface area contributed by atoms with E-state index in [1.807, 2.05) is 11.3 Å². The van der Waals surface area contributed by atoms with E-state index in [1.54, 1.807) is 0 Å². The van der Waals surface area contributed by atoms with E-state index in [0.29, 0.717) is 4.83 Å². The van der Waals surface area contributed by atoms with Crippen LogP contribution in [0.5, 0.6) is 0 Å². The minimum absolute atomic E-state index is 0.545. The van der Waals surface area contributed by atoms with E-state index in [1.165, 1.54) is 39.9 Å². The molecule has 1 aromatic heterocycles. The number of unbranched alkanes of at least 4 members (excludes halogenated alkanes) is 2. The van der Waals surface area contributed by atoms with Crippen molar-refractivity contribution < 1.29 is 0 Å². The summed E-state index contributed by atoms with van der Waals surface area (Å²) in [6.07, 6.45) is 5.21. The van der Waals surface area contributed by atoms with Gasteiger partial charge in [-0.2, -0.15) is 0 Å². The van der Waals surface area contributed by atoms with Crippen molar-refractivity contribution in [1.29, 1.82) is 0 Å². The Morgan fingerprint density at radius 1 is 1.43 bits per heavy atom. The van der Waals surface area contributed by atoms with Crippen molar-refractivity contribution in [3.8, 4) is 0 Å². The minimum Gasteiger partial charge on any atom is -0.132 e. The molecule has 14 heavy (non-hydrogen) atoms. The molecular formula is C11H16Br2S. The Labute approximate surface area is 107 Å². The van der Waals surface area contributed by atoms with Crippen LogP contribution in [0.25, 0.3) is 0 Å². The van der Waals surface area contributed by atoms with Crippen molar-refractivity contribution in [3.63, 3.8) is 0 Å². The van der Waals surface area contributed by atoms with Gasteiger partial charge in [0.2, 0.25) is 0 Å². The van der Waals surface area contributed by atoms with Gasteiger partial charge < -0.3 is 0 Å². The zero-order valence-electron chi connectivity index (χ0n) is 8.65. The van der Waals surface area contributed by atoms with E-state index in [-0.39, 0.29) is 0 Å². The lowest BCUT2D eigenvalue weighted by Gasteiger charge is -2.05. The first-order valence-corrected chi connectivity index (χ1v) is 7.57. The molecule has 0 nitrogen and oxygen atoms in total. The summed E-state index contributed by atoms with van der Waals surface area (Å²) in [5, 5.41) is 0. The normalized spacial score (nSPS) is 13.1. The number of aryl methyl sites for hydroxylation is 1. The number of alkyl halides is 1. The quantitative estimate of drug-likeness (QED) is 0.467. The maximum absolute atomic E-state index is 3.75. The summed E-state index contributed by atoms with van der Waals surface area (Å²) in [7, 11) is 0. The van der Waals surface area contributed by atoms with Crippen molar-refractivity contribution in [2.75, 3.05) is 0 Å². The summed E-state index contributed by atoms with van der Waals surface area (Å²) in [4.78, 5) is 1.99. The maximum Gasteiger partial charge on any atom is 0.0730 e. The summed E-state index contributed by atoms with van der Waals surface area (Å²) in [5.41, 5.74) is 1.35. The van der Waals surface area contributed by atoms with Crippen LogP contribution in [0.1, 0.15) is 47.9 Å². The van der Waals surface area contributed by atoms with E-state index < -0.39 is 0 Å². The Balaban J connectivity index is 2.47. The van der Waals surface area contributed by atoms with Gasteiger partial charge in [-0.1, -0.05) is 42.1 Å². The summed E-state index contributed by atoms with van der Waals surface area (Å²) in [6.45, 7) is 4.39. The zero-order valence-corrected chi connectivity index (χ0v) is 12.6. The Morgan fingerprint density at radius 3 is 2.64 bits per heavy atom. The summed E-state index contributed by atoms with van der Waals surface area (Å²) >= 11 is 9.17. The van der Waals surface area contributed by atoms with Gasteiger partial charge in [0.05, 0.1) is 3.79 Å². The van der Waals surface area contributed by atoms with Gasteiger partial charge in [-0.05, 0) is 40.9 Å². The number of hydrogen-bond donors (Lipinski definition) is 0. The van der Waals surface area contributed by atoms with Gasteiger partial charge in [0.25, 0.3) is 0 Å². The molecule has 0 bridgehead atoms. The third kappa shape index (κ3) is 3.67. The van der Waals surface area contributed by atoms with Gasteiger partial charge in [0.1, 0.15) is 0 Å². The lowest BCUT2D eigenvalue weighted by atomic mass is 10.1. The van der Waals surface area contributed by atoms with E-state index in [4.69, 9.17) is 0 Å². The topological polar surface area (TPSA) is 0 Å². The molecule has 0 aliphatic heterocycles. The van der Waals surface area contributed by atoms with Crippen molar-refractivity contribution in [2.24, 2.45) is 0 Å². The SMILES string of the molecule is CCCCCC(Br)c1cc(C)c(Br)s1. The molecule has 0 saturated carbocycles. The van der Waals surface area contributed by atoms with Crippen LogP contribution in [0.15, 0.2) is 9.85 Å². The molecule has 0 aliphatic rings. The highest BCUT2D eigenvalue weighted by molar-refractivity contribution is 9.11. The number of halogens is 2. The maximum atomic E-state index is 3.75. The molecule has 1 aromatic rings. The second-order valence-electron chi connectivity index (χ2n) is 3.57. The molecule has 0 fully saturated rings. The Bertz CT molecular complexity index is 261. The first kappa shape index (κ1) is 12.7. The van der Waals surface area contributed by atoms with Crippen LogP contribution >= 0.6 is 43.2 Å². The molecule has 80 valence electrons. The molecule has 1 unspecified atom stereocenters. The van der Waals surface area contributed by atoms with Crippen LogP contribution in [-0.2, 0) is 0 Å². The van der Waals surface area contributed by atoms with Crippen molar-refractivity contribution >= 4 is 43.2 Å². The average molecular weight is 340 g/mol. The molecule has 1 rings (SSSR count). The van der Waals surface area contributed by atoms with E-state index in [2.05, 4.69) is 51.8 Å². The first-order valence-electron chi connectivity index (χ1n) is 5.05. The number of hydrogen-bond acceptors (Lipinski definition) is 1. The molecule has 0 saturated heterocycles. The van der Waals surface area contributed by atoms with Gasteiger partial charge in [0, 0.05) is 9.70 Å². The van der Waals surface area contributed by atoms with Gasteiger partial charge in [-0.15, -0.1) is 11.3 Å². The highest BCUT2D eigenvalue weighted by Crippen LogP contribution is 2.37. The van der Waals surface area contributed by atoms with Gasteiger partial charge in [-0.3, -0.25) is 0 Å². The third-order valence-electron chi connectivity index (χ3n) is 2.25. The standard InChI is InChI=1S/C11H16Br2S/c1-3-4-5-6-9(12)10-7-8(2)11(13)14-10/h7,9H,3-6H2,1-2H3. The average Bonchev–Trinajstić information content (AvgIpc) is 2.47. The second kappa shape index (κ2) is 6.29. The Morgan fingerprint density at radius 2 is 2.14 bits per heavy atom. The predicted octanol–water partition coefficient (Wildman–Crippen LogP) is 5.84. The van der Waals surface area contributed by atoms with Crippen molar-refractivity contribution in [2.45, 2.75) is 44.4 Å². The summed E-state index contributed by atoms with van der Waals surface area (Å²) in [5.74, 6) is 0. The lowest BCUT2D eigenvalue weighted by molar-refractivity contribution is 0.667. The fourth-order valence-electron chi connectivity index (χ4n) is 1.35. The van der Waals surface area contributed by atoms with Crippen LogP contribution in [0.2, 0.25) is 0 Å². The molecule has 1 atom stereocenters. The molecular weight excluding hydrogens is 324 g/mol. The highest BCUT2D eigenvalue weighted by atomic mass is 79.9. The number of thiophene rings is 1. The zero-order chi connectivity index (χ0) is 10.6. The van der Waals surface area contributed by atoms with Crippen LogP contribution in [0, 0.1) is 6.92 Å². The van der Waals surface area contributed by atoms with Gasteiger partial charge in [0.15, 0.2) is 0 Å². The number of rotatable bonds is 5. The highest BCUT2D eigenvalue weighted by Gasteiger charge is 2.11. The van der Waals surface area contributed by atoms with Gasteiger partial charge in [-0.25, -0.2) is 0 Å². The largest absolute Gasteiger partial charge is 0.132 e. The Hall–Kier alpha value is 0.660. The van der Waals surface area contributed by atoms with E-state index >= 15 is 0 Å². The van der Waals surface area contributed by atoms with E-state index in [0.717, 1.165) is 0 Å². The lowest BCUT2D eigenvalue weighted by Crippen LogP contribution is -1.85.